The summed E-state index contributed by atoms with van der Waals surface area (Å²) in [6.07, 6.45) is 44.9. The molecule has 0 spiro atoms. The van der Waals surface area contributed by atoms with E-state index < -0.39 is 0 Å². The average molecular weight is 894 g/mol. The lowest BCUT2D eigenvalue weighted by Gasteiger charge is -2.58. The molecule has 1 unspecified atom stereocenters. The number of allylic oxidation sites excluding steroid dienone is 5. The van der Waals surface area contributed by atoms with Gasteiger partial charge in [0.25, 0.3) is 0 Å². The molecule has 1 aliphatic heterocycles. The SMILES string of the molecule is CCCCCC=CCC=CCCCCCCCCOCC(CN1CCOCC1)OCCCOCCCO[C@H]1CC[C@@]2(C)C(=CC[C@H]3[C@@H]4CC[C@H]([C@H](C)CCCC(C)C)[C@@]4(C)CC[C@@H]32)C1. The Labute approximate surface area is 396 Å². The molecule has 64 heavy (non-hydrogen) atoms. The van der Waals surface area contributed by atoms with E-state index in [2.05, 4.69) is 76.8 Å². The molecule has 0 N–H and O–H groups in total. The van der Waals surface area contributed by atoms with E-state index in [9.17, 15) is 0 Å². The first-order chi connectivity index (χ1) is 31.2. The zero-order chi connectivity index (χ0) is 45.3. The van der Waals surface area contributed by atoms with Crippen molar-refractivity contribution >= 4 is 0 Å². The Morgan fingerprint density at radius 2 is 1.44 bits per heavy atom. The molecule has 6 heteroatoms. The van der Waals surface area contributed by atoms with Gasteiger partial charge in [-0.15, -0.1) is 0 Å². The van der Waals surface area contributed by atoms with E-state index in [0.29, 0.717) is 23.5 Å². The number of hydrogen-bond donors (Lipinski definition) is 0. The molecule has 0 aromatic carbocycles. The van der Waals surface area contributed by atoms with Crippen molar-refractivity contribution in [2.75, 3.05) is 72.5 Å². The number of hydrogen-bond acceptors (Lipinski definition) is 6. The van der Waals surface area contributed by atoms with Crippen molar-refractivity contribution in [3.63, 3.8) is 0 Å². The summed E-state index contributed by atoms with van der Waals surface area (Å²) in [5.74, 6) is 5.39. The zero-order valence-corrected chi connectivity index (χ0v) is 42.9. The predicted octanol–water partition coefficient (Wildman–Crippen LogP) is 14.8. The van der Waals surface area contributed by atoms with E-state index in [-0.39, 0.29) is 6.10 Å². The fraction of sp³-hybridized carbons (Fsp3) is 0.897. The van der Waals surface area contributed by atoms with Gasteiger partial charge in [-0.25, -0.2) is 0 Å². The molecular weight excluding hydrogens is 791 g/mol. The first-order valence-electron chi connectivity index (χ1n) is 27.9. The van der Waals surface area contributed by atoms with E-state index in [4.69, 9.17) is 23.7 Å². The lowest BCUT2D eigenvalue weighted by atomic mass is 9.47. The Kier molecular flexibility index (Phi) is 25.7. The molecule has 0 amide bonds. The summed E-state index contributed by atoms with van der Waals surface area (Å²) in [5, 5.41) is 0. The second-order valence-corrected chi connectivity index (χ2v) is 22.4. The highest BCUT2D eigenvalue weighted by atomic mass is 16.5. The van der Waals surface area contributed by atoms with Crippen LogP contribution in [0.4, 0.5) is 0 Å². The highest BCUT2D eigenvalue weighted by molar-refractivity contribution is 5.25. The van der Waals surface area contributed by atoms with Crippen LogP contribution in [0.3, 0.4) is 0 Å². The van der Waals surface area contributed by atoms with E-state index in [1.807, 2.05) is 0 Å². The molecule has 0 aromatic heterocycles. The molecular formula is C58H103NO5. The van der Waals surface area contributed by atoms with Crippen LogP contribution in [0.5, 0.6) is 0 Å². The van der Waals surface area contributed by atoms with Crippen LogP contribution in [-0.4, -0.2) is 89.6 Å². The van der Waals surface area contributed by atoms with Crippen LogP contribution in [0.1, 0.15) is 202 Å². The summed E-state index contributed by atoms with van der Waals surface area (Å²) < 4.78 is 30.8. The van der Waals surface area contributed by atoms with Gasteiger partial charge in [-0.2, -0.15) is 0 Å². The van der Waals surface area contributed by atoms with Crippen LogP contribution < -0.4 is 0 Å². The van der Waals surface area contributed by atoms with Gasteiger partial charge in [-0.3, -0.25) is 4.90 Å². The van der Waals surface area contributed by atoms with Crippen LogP contribution >= 0.6 is 0 Å². The second kappa shape index (κ2) is 30.5. The highest BCUT2D eigenvalue weighted by Gasteiger charge is 2.59. The Morgan fingerprint density at radius 3 is 2.20 bits per heavy atom. The highest BCUT2D eigenvalue weighted by Crippen LogP contribution is 2.67. The van der Waals surface area contributed by atoms with E-state index in [0.717, 1.165) is 133 Å². The van der Waals surface area contributed by atoms with Gasteiger partial charge in [-0.05, 0) is 149 Å². The lowest BCUT2D eigenvalue weighted by molar-refractivity contribution is -0.0653. The van der Waals surface area contributed by atoms with E-state index in [1.165, 1.54) is 128 Å². The Balaban J connectivity index is 0.884. The average Bonchev–Trinajstić information content (AvgIpc) is 3.65. The van der Waals surface area contributed by atoms with Gasteiger partial charge in [0, 0.05) is 52.7 Å². The predicted molar refractivity (Wildman–Crippen MR) is 270 cm³/mol. The molecule has 5 rings (SSSR count). The van der Waals surface area contributed by atoms with Crippen molar-refractivity contribution in [1.29, 1.82) is 0 Å². The fourth-order valence-corrected chi connectivity index (χ4v) is 13.4. The zero-order valence-electron chi connectivity index (χ0n) is 42.9. The molecule has 3 saturated carbocycles. The Hall–Kier alpha value is -1.02. The van der Waals surface area contributed by atoms with Crippen molar-refractivity contribution in [3.8, 4) is 0 Å². The summed E-state index contributed by atoms with van der Waals surface area (Å²) in [6.45, 7) is 24.1. The molecule has 0 bridgehead atoms. The minimum absolute atomic E-state index is 0.102. The van der Waals surface area contributed by atoms with Crippen molar-refractivity contribution < 1.29 is 23.7 Å². The Bertz CT molecular complexity index is 1310. The molecule has 4 fully saturated rings. The van der Waals surface area contributed by atoms with Gasteiger partial charge >= 0.3 is 0 Å². The summed E-state index contributed by atoms with van der Waals surface area (Å²) in [7, 11) is 0. The van der Waals surface area contributed by atoms with Crippen molar-refractivity contribution in [1.82, 2.24) is 4.90 Å². The molecule has 370 valence electrons. The molecule has 1 saturated heterocycles. The third-order valence-corrected chi connectivity index (χ3v) is 17.2. The molecule has 0 aromatic rings. The minimum atomic E-state index is 0.102. The van der Waals surface area contributed by atoms with Gasteiger partial charge in [-0.1, -0.05) is 135 Å². The van der Waals surface area contributed by atoms with Gasteiger partial charge in [0.05, 0.1) is 32.0 Å². The summed E-state index contributed by atoms with van der Waals surface area (Å²) >= 11 is 0. The fourth-order valence-electron chi connectivity index (χ4n) is 13.4. The standard InChI is InChI=1S/C58H103NO5/c1-7-8-9-10-11-12-13-14-15-16-17-18-19-20-21-22-38-62-47-52(46-59-36-43-61-44-37-59)64-42-25-40-60-39-24-41-63-51-32-34-57(5)50(45-51)28-29-53-55-31-30-54(49(4)27-23-26-48(2)3)58(55,6)35-33-56(53)57/h11-12,14-15,28,48-49,51-56H,7-10,13,16-27,29-47H2,1-6H3/t49-,51+,52?,53+,54-,55+,56+,57+,58-/m1/s1. The van der Waals surface area contributed by atoms with Crippen LogP contribution in [0.15, 0.2) is 36.0 Å². The Morgan fingerprint density at radius 1 is 0.719 bits per heavy atom. The van der Waals surface area contributed by atoms with Gasteiger partial charge < -0.3 is 23.7 Å². The van der Waals surface area contributed by atoms with Crippen LogP contribution in [-0.2, 0) is 23.7 Å². The number of rotatable bonds is 34. The first kappa shape index (κ1) is 53.9. The quantitative estimate of drug-likeness (QED) is 0.0474. The molecule has 6 nitrogen and oxygen atoms in total. The molecule has 1 heterocycles. The smallest absolute Gasteiger partial charge is 0.0934 e. The van der Waals surface area contributed by atoms with Crippen LogP contribution in [0.2, 0.25) is 0 Å². The van der Waals surface area contributed by atoms with E-state index >= 15 is 0 Å². The van der Waals surface area contributed by atoms with Crippen molar-refractivity contribution in [3.05, 3.63) is 36.0 Å². The van der Waals surface area contributed by atoms with Gasteiger partial charge in [0.2, 0.25) is 0 Å². The maximum Gasteiger partial charge on any atom is 0.0934 e. The van der Waals surface area contributed by atoms with Gasteiger partial charge in [0.1, 0.15) is 0 Å². The number of nitrogens with zero attached hydrogens (tertiary/aromatic N) is 1. The maximum atomic E-state index is 6.55. The number of unbranched alkanes of at least 4 members (excludes halogenated alkanes) is 9. The number of fused-ring (bicyclic) bond motifs is 5. The number of morpholine rings is 1. The van der Waals surface area contributed by atoms with E-state index in [1.54, 1.807) is 5.57 Å². The van der Waals surface area contributed by atoms with Crippen LogP contribution in [0.25, 0.3) is 0 Å². The normalized spacial score (nSPS) is 29.6. The molecule has 5 aliphatic rings. The molecule has 0 radical (unpaired) electrons. The van der Waals surface area contributed by atoms with Crippen molar-refractivity contribution in [2.24, 2.45) is 46.3 Å². The number of ether oxygens (including phenoxy) is 5. The maximum absolute atomic E-state index is 6.55. The minimum Gasteiger partial charge on any atom is -0.381 e. The topological polar surface area (TPSA) is 49.4 Å². The lowest BCUT2D eigenvalue weighted by Crippen LogP contribution is -2.51. The second-order valence-electron chi connectivity index (χ2n) is 22.4. The monoisotopic (exact) mass is 894 g/mol. The van der Waals surface area contributed by atoms with Gasteiger partial charge in [0.15, 0.2) is 0 Å². The summed E-state index contributed by atoms with van der Waals surface area (Å²) in [4.78, 5) is 2.47. The third-order valence-electron chi connectivity index (χ3n) is 17.2. The van der Waals surface area contributed by atoms with Crippen molar-refractivity contribution in [2.45, 2.75) is 214 Å². The van der Waals surface area contributed by atoms with Crippen LogP contribution in [0, 0.1) is 46.3 Å². The molecule has 9 atom stereocenters. The first-order valence-corrected chi connectivity index (χ1v) is 27.9. The summed E-state index contributed by atoms with van der Waals surface area (Å²) in [5.41, 5.74) is 2.71. The summed E-state index contributed by atoms with van der Waals surface area (Å²) in [6, 6.07) is 0. The third kappa shape index (κ3) is 17.8. The molecule has 4 aliphatic carbocycles. The largest absolute Gasteiger partial charge is 0.381 e.